The molecule has 1 aromatic rings. The van der Waals surface area contributed by atoms with Crippen LogP contribution in [0.4, 0.5) is 4.39 Å². The summed E-state index contributed by atoms with van der Waals surface area (Å²) < 4.78 is 22.2. The Morgan fingerprint density at radius 2 is 1.94 bits per heavy atom. The van der Waals surface area contributed by atoms with E-state index < -0.39 is 23.8 Å². The van der Waals surface area contributed by atoms with E-state index in [1.54, 1.807) is 0 Å². The molecule has 0 aliphatic rings. The molecule has 0 saturated heterocycles. The molecule has 0 aliphatic carbocycles. The molecular formula is C11H12FNO4. The average molecular weight is 241 g/mol. The molecule has 0 fully saturated rings. The molecule has 6 heteroatoms. The monoisotopic (exact) mass is 241 g/mol. The number of nitrogens with two attached hydrogens (primary N) is 1. The largest absolute Gasteiger partial charge is 0.482 e. The summed E-state index contributed by atoms with van der Waals surface area (Å²) in [6, 6.07) is 5.15. The topological polar surface area (TPSA) is 78.6 Å². The van der Waals surface area contributed by atoms with Crippen LogP contribution in [0.5, 0.6) is 5.75 Å². The van der Waals surface area contributed by atoms with Gasteiger partial charge in [0.25, 0.3) is 5.91 Å². The van der Waals surface area contributed by atoms with Gasteiger partial charge in [-0.15, -0.1) is 0 Å². The highest BCUT2D eigenvalue weighted by Crippen LogP contribution is 2.10. The molecule has 0 bridgehead atoms. The molecule has 0 heterocycles. The molecule has 0 saturated carbocycles. The minimum absolute atomic E-state index is 0.329. The highest BCUT2D eigenvalue weighted by Gasteiger charge is 2.14. The predicted octanol–water partition coefficient (Wildman–Crippen LogP) is 0.622. The maximum atomic E-state index is 12.5. The molecule has 1 aromatic carbocycles. The highest BCUT2D eigenvalue weighted by molar-refractivity contribution is 5.82. The maximum Gasteiger partial charge on any atom is 0.344 e. The van der Waals surface area contributed by atoms with Gasteiger partial charge in [0.2, 0.25) is 0 Å². The van der Waals surface area contributed by atoms with Crippen molar-refractivity contribution in [1.82, 2.24) is 0 Å². The van der Waals surface area contributed by atoms with Crippen molar-refractivity contribution in [2.45, 2.75) is 13.0 Å². The van der Waals surface area contributed by atoms with E-state index in [1.165, 1.54) is 31.2 Å². The second-order valence-corrected chi connectivity index (χ2v) is 3.28. The van der Waals surface area contributed by atoms with Crippen molar-refractivity contribution in [2.24, 2.45) is 5.73 Å². The van der Waals surface area contributed by atoms with Crippen LogP contribution in [-0.4, -0.2) is 24.6 Å². The van der Waals surface area contributed by atoms with Crippen molar-refractivity contribution >= 4 is 11.9 Å². The first-order chi connectivity index (χ1) is 7.99. The van der Waals surface area contributed by atoms with Crippen LogP contribution in [0.1, 0.15) is 6.92 Å². The predicted molar refractivity (Wildman–Crippen MR) is 56.6 cm³/mol. The number of benzene rings is 1. The van der Waals surface area contributed by atoms with Crippen LogP contribution in [0.3, 0.4) is 0 Å². The van der Waals surface area contributed by atoms with Crippen LogP contribution in [0, 0.1) is 5.82 Å². The zero-order chi connectivity index (χ0) is 12.8. The third-order valence-electron chi connectivity index (χ3n) is 1.88. The Balaban J connectivity index is 2.38. The van der Waals surface area contributed by atoms with Gasteiger partial charge in [0.15, 0.2) is 12.7 Å². The van der Waals surface area contributed by atoms with Gasteiger partial charge in [0, 0.05) is 0 Å². The summed E-state index contributed by atoms with van der Waals surface area (Å²) in [6.07, 6.45) is -1.00. The van der Waals surface area contributed by atoms with E-state index >= 15 is 0 Å². The Hall–Kier alpha value is -2.11. The number of hydrogen-bond acceptors (Lipinski definition) is 4. The molecule has 0 aliphatic heterocycles. The standard InChI is InChI=1S/C11H12FNO4/c1-7(11(13)15)17-10(14)6-16-9-4-2-8(12)3-5-9/h2-5,7H,6H2,1H3,(H2,13,15)/t7-/m1/s1. The lowest BCUT2D eigenvalue weighted by Crippen LogP contribution is -2.32. The number of primary amides is 1. The second-order valence-electron chi connectivity index (χ2n) is 3.28. The Bertz CT molecular complexity index is 404. The van der Waals surface area contributed by atoms with E-state index in [4.69, 9.17) is 10.5 Å². The highest BCUT2D eigenvalue weighted by atomic mass is 19.1. The number of carbonyl (C=O) groups excluding carboxylic acids is 2. The Kier molecular flexibility index (Phi) is 4.45. The summed E-state index contributed by atoms with van der Waals surface area (Å²) in [7, 11) is 0. The fourth-order valence-electron chi connectivity index (χ4n) is 0.962. The fourth-order valence-corrected chi connectivity index (χ4v) is 0.962. The van der Waals surface area contributed by atoms with Crippen LogP contribution < -0.4 is 10.5 Å². The lowest BCUT2D eigenvalue weighted by Gasteiger charge is -2.10. The number of esters is 1. The third-order valence-corrected chi connectivity index (χ3v) is 1.88. The van der Waals surface area contributed by atoms with E-state index in [9.17, 15) is 14.0 Å². The fraction of sp³-hybridized carbons (Fsp3) is 0.273. The zero-order valence-electron chi connectivity index (χ0n) is 9.18. The molecule has 0 radical (unpaired) electrons. The third kappa shape index (κ3) is 4.50. The average Bonchev–Trinajstić information content (AvgIpc) is 2.28. The maximum absolute atomic E-state index is 12.5. The number of halogens is 1. The van der Waals surface area contributed by atoms with Crippen LogP contribution in [-0.2, 0) is 14.3 Å². The summed E-state index contributed by atoms with van der Waals surface area (Å²) in [6.45, 7) is 0.987. The van der Waals surface area contributed by atoms with Gasteiger partial charge < -0.3 is 15.2 Å². The first kappa shape index (κ1) is 13.0. The number of ether oxygens (including phenoxy) is 2. The van der Waals surface area contributed by atoms with E-state index in [1.807, 2.05) is 0 Å². The number of rotatable bonds is 5. The van der Waals surface area contributed by atoms with Gasteiger partial charge in [-0.25, -0.2) is 9.18 Å². The summed E-state index contributed by atoms with van der Waals surface area (Å²) in [5.41, 5.74) is 4.91. The zero-order valence-corrected chi connectivity index (χ0v) is 9.18. The minimum Gasteiger partial charge on any atom is -0.482 e. The van der Waals surface area contributed by atoms with E-state index in [-0.39, 0.29) is 6.61 Å². The molecule has 92 valence electrons. The lowest BCUT2D eigenvalue weighted by molar-refractivity contribution is -0.155. The van der Waals surface area contributed by atoms with Gasteiger partial charge in [-0.1, -0.05) is 0 Å². The van der Waals surface area contributed by atoms with E-state index in [0.29, 0.717) is 5.75 Å². The van der Waals surface area contributed by atoms with Crippen LogP contribution in [0.15, 0.2) is 24.3 Å². The quantitative estimate of drug-likeness (QED) is 0.766. The van der Waals surface area contributed by atoms with Gasteiger partial charge in [-0.2, -0.15) is 0 Å². The van der Waals surface area contributed by atoms with Crippen LogP contribution in [0.25, 0.3) is 0 Å². The first-order valence-corrected chi connectivity index (χ1v) is 4.86. The van der Waals surface area contributed by atoms with Gasteiger partial charge in [-0.3, -0.25) is 4.79 Å². The Morgan fingerprint density at radius 1 is 1.35 bits per heavy atom. The molecule has 5 nitrogen and oxygen atoms in total. The summed E-state index contributed by atoms with van der Waals surface area (Å²) in [4.78, 5) is 21.8. The van der Waals surface area contributed by atoms with Crippen molar-refractivity contribution in [3.8, 4) is 5.75 Å². The van der Waals surface area contributed by atoms with Gasteiger partial charge in [0.1, 0.15) is 11.6 Å². The Morgan fingerprint density at radius 3 is 2.47 bits per heavy atom. The van der Waals surface area contributed by atoms with Crippen LogP contribution in [0.2, 0.25) is 0 Å². The second kappa shape index (κ2) is 5.83. The number of amides is 1. The molecule has 2 N–H and O–H groups in total. The first-order valence-electron chi connectivity index (χ1n) is 4.86. The molecule has 1 atom stereocenters. The van der Waals surface area contributed by atoms with Gasteiger partial charge in [-0.05, 0) is 31.2 Å². The molecule has 1 rings (SSSR count). The Labute approximate surface area is 97.3 Å². The lowest BCUT2D eigenvalue weighted by atomic mass is 10.3. The number of hydrogen-bond donors (Lipinski definition) is 1. The molecule has 0 unspecified atom stereocenters. The molecular weight excluding hydrogens is 229 g/mol. The van der Waals surface area contributed by atoms with Gasteiger partial charge >= 0.3 is 5.97 Å². The molecule has 17 heavy (non-hydrogen) atoms. The molecule has 0 aromatic heterocycles. The van der Waals surface area contributed by atoms with Crippen molar-refractivity contribution in [1.29, 1.82) is 0 Å². The van der Waals surface area contributed by atoms with E-state index in [0.717, 1.165) is 0 Å². The van der Waals surface area contributed by atoms with Crippen LogP contribution >= 0.6 is 0 Å². The number of carbonyl (C=O) groups is 2. The normalized spacial score (nSPS) is 11.6. The van der Waals surface area contributed by atoms with Crippen molar-refractivity contribution in [3.05, 3.63) is 30.1 Å². The van der Waals surface area contributed by atoms with Crippen molar-refractivity contribution in [3.63, 3.8) is 0 Å². The minimum atomic E-state index is -1.00. The summed E-state index contributed by atoms with van der Waals surface area (Å²) >= 11 is 0. The molecule has 0 spiro atoms. The smallest absolute Gasteiger partial charge is 0.344 e. The summed E-state index contributed by atoms with van der Waals surface area (Å²) in [5.74, 6) is -1.53. The van der Waals surface area contributed by atoms with E-state index in [2.05, 4.69) is 4.74 Å². The van der Waals surface area contributed by atoms with Crippen molar-refractivity contribution in [2.75, 3.05) is 6.61 Å². The van der Waals surface area contributed by atoms with Crippen molar-refractivity contribution < 1.29 is 23.5 Å². The SMILES string of the molecule is C[C@@H](OC(=O)COc1ccc(F)cc1)C(N)=O. The molecule has 1 amide bonds. The summed E-state index contributed by atoms with van der Waals surface area (Å²) in [5, 5.41) is 0. The van der Waals surface area contributed by atoms with Gasteiger partial charge in [0.05, 0.1) is 0 Å².